The number of carbonyl (C=O) groups excluding carboxylic acids is 2. The number of hydrogen-bond donors (Lipinski definition) is 2. The van der Waals surface area contributed by atoms with Crippen molar-refractivity contribution in [2.75, 3.05) is 25.0 Å². The van der Waals surface area contributed by atoms with Gasteiger partial charge in [0.25, 0.3) is 11.8 Å². The predicted octanol–water partition coefficient (Wildman–Crippen LogP) is 2.28. The first-order chi connectivity index (χ1) is 12.9. The van der Waals surface area contributed by atoms with Crippen molar-refractivity contribution in [3.8, 4) is 5.75 Å². The minimum Gasteiger partial charge on any atom is -0.484 e. The minimum absolute atomic E-state index is 0.0837. The molecule has 2 aromatic rings. The van der Waals surface area contributed by atoms with Crippen LogP contribution in [0.15, 0.2) is 42.6 Å². The van der Waals surface area contributed by atoms with Gasteiger partial charge in [0.2, 0.25) is 0 Å². The molecule has 2 rings (SSSR count). The Hall–Kier alpha value is -3.42. The van der Waals surface area contributed by atoms with Crippen LogP contribution in [-0.4, -0.2) is 52.5 Å². The number of carboxylic acids is 1. The Balaban J connectivity index is 1.99. The third-order valence-electron chi connectivity index (χ3n) is 3.82. The first-order valence-electron chi connectivity index (χ1n) is 8.46. The zero-order valence-electron chi connectivity index (χ0n) is 15.1. The standard InChI is InChI=1S/C19H21N3O5/c1-3-22(4-2)17(23)12-27-15-7-5-6-14(10-15)21-18(24)13-8-9-16(19(25)26)20-11-13/h5-11H,3-4,12H2,1-2H3,(H,21,24)(H,25,26). The predicted molar refractivity (Wildman–Crippen MR) is 99.0 cm³/mol. The number of pyridine rings is 1. The summed E-state index contributed by atoms with van der Waals surface area (Å²) in [6, 6.07) is 9.31. The fraction of sp³-hybridized carbons (Fsp3) is 0.263. The molecule has 0 unspecified atom stereocenters. The summed E-state index contributed by atoms with van der Waals surface area (Å²) in [7, 11) is 0. The Kier molecular flexibility index (Phi) is 6.87. The van der Waals surface area contributed by atoms with Crippen LogP contribution in [-0.2, 0) is 4.79 Å². The van der Waals surface area contributed by atoms with Gasteiger partial charge >= 0.3 is 5.97 Å². The Morgan fingerprint density at radius 2 is 1.89 bits per heavy atom. The molecule has 27 heavy (non-hydrogen) atoms. The normalized spacial score (nSPS) is 10.1. The van der Waals surface area contributed by atoms with E-state index in [-0.39, 0.29) is 23.8 Å². The van der Waals surface area contributed by atoms with Crippen LogP contribution < -0.4 is 10.1 Å². The van der Waals surface area contributed by atoms with Gasteiger partial charge in [0.1, 0.15) is 11.4 Å². The molecule has 0 atom stereocenters. The quantitative estimate of drug-likeness (QED) is 0.737. The number of carbonyl (C=O) groups is 3. The van der Waals surface area contributed by atoms with Crippen LogP contribution in [0.2, 0.25) is 0 Å². The number of anilines is 1. The lowest BCUT2D eigenvalue weighted by atomic mass is 10.2. The van der Waals surface area contributed by atoms with E-state index < -0.39 is 11.9 Å². The van der Waals surface area contributed by atoms with Crippen molar-refractivity contribution >= 4 is 23.5 Å². The van der Waals surface area contributed by atoms with Gasteiger partial charge in [0.15, 0.2) is 6.61 Å². The van der Waals surface area contributed by atoms with Crippen LogP contribution >= 0.6 is 0 Å². The van der Waals surface area contributed by atoms with Crippen LogP contribution in [0.4, 0.5) is 5.69 Å². The molecule has 0 saturated carbocycles. The molecule has 0 saturated heterocycles. The molecule has 0 fully saturated rings. The monoisotopic (exact) mass is 371 g/mol. The largest absolute Gasteiger partial charge is 0.484 e. The van der Waals surface area contributed by atoms with Gasteiger partial charge in [-0.3, -0.25) is 9.59 Å². The van der Waals surface area contributed by atoms with E-state index in [0.717, 1.165) is 0 Å². The van der Waals surface area contributed by atoms with Crippen LogP contribution in [0.3, 0.4) is 0 Å². The number of hydrogen-bond acceptors (Lipinski definition) is 5. The Labute approximate surface area is 156 Å². The van der Waals surface area contributed by atoms with Crippen molar-refractivity contribution in [2.24, 2.45) is 0 Å². The summed E-state index contributed by atoms with van der Waals surface area (Å²) in [6.45, 7) is 4.94. The third kappa shape index (κ3) is 5.53. The van der Waals surface area contributed by atoms with Crippen LogP contribution in [0.25, 0.3) is 0 Å². The molecule has 1 heterocycles. The summed E-state index contributed by atoms with van der Waals surface area (Å²) in [6.07, 6.45) is 1.20. The maximum absolute atomic E-state index is 12.2. The first kappa shape index (κ1) is 19.9. The second kappa shape index (κ2) is 9.33. The summed E-state index contributed by atoms with van der Waals surface area (Å²) < 4.78 is 5.50. The van der Waals surface area contributed by atoms with Crippen molar-refractivity contribution in [3.63, 3.8) is 0 Å². The maximum atomic E-state index is 12.2. The van der Waals surface area contributed by atoms with E-state index >= 15 is 0 Å². The van der Waals surface area contributed by atoms with E-state index in [0.29, 0.717) is 24.5 Å². The Morgan fingerprint density at radius 1 is 1.15 bits per heavy atom. The van der Waals surface area contributed by atoms with E-state index in [1.807, 2.05) is 13.8 Å². The number of ether oxygens (including phenoxy) is 1. The summed E-state index contributed by atoms with van der Waals surface area (Å²) in [5.74, 6) is -1.26. The minimum atomic E-state index is -1.16. The van der Waals surface area contributed by atoms with Crippen LogP contribution in [0.1, 0.15) is 34.7 Å². The van der Waals surface area contributed by atoms with Gasteiger partial charge in [-0.1, -0.05) is 6.07 Å². The number of aromatic nitrogens is 1. The van der Waals surface area contributed by atoms with E-state index in [4.69, 9.17) is 9.84 Å². The molecule has 0 aliphatic carbocycles. The molecule has 1 aromatic heterocycles. The van der Waals surface area contributed by atoms with Crippen molar-refractivity contribution in [3.05, 3.63) is 53.9 Å². The summed E-state index contributed by atoms with van der Waals surface area (Å²) >= 11 is 0. The van der Waals surface area contributed by atoms with Gasteiger partial charge in [-0.05, 0) is 38.1 Å². The van der Waals surface area contributed by atoms with Gasteiger partial charge in [-0.25, -0.2) is 9.78 Å². The van der Waals surface area contributed by atoms with Crippen LogP contribution in [0.5, 0.6) is 5.75 Å². The molecule has 8 nitrogen and oxygen atoms in total. The number of nitrogens with one attached hydrogen (secondary N) is 1. The smallest absolute Gasteiger partial charge is 0.354 e. The lowest BCUT2D eigenvalue weighted by Gasteiger charge is -2.18. The van der Waals surface area contributed by atoms with Crippen LogP contribution in [0, 0.1) is 0 Å². The highest BCUT2D eigenvalue weighted by molar-refractivity contribution is 6.04. The molecule has 0 bridgehead atoms. The van der Waals surface area contributed by atoms with Gasteiger partial charge in [0.05, 0.1) is 5.56 Å². The second-order valence-corrected chi connectivity index (χ2v) is 5.57. The number of nitrogens with zero attached hydrogens (tertiary/aromatic N) is 2. The zero-order valence-corrected chi connectivity index (χ0v) is 15.1. The Bertz CT molecular complexity index is 816. The summed E-state index contributed by atoms with van der Waals surface area (Å²) in [5.41, 5.74) is 0.568. The van der Waals surface area contributed by atoms with E-state index in [2.05, 4.69) is 10.3 Å². The average molecular weight is 371 g/mol. The number of amides is 2. The number of aromatic carboxylic acids is 1. The molecule has 0 radical (unpaired) electrons. The average Bonchev–Trinajstić information content (AvgIpc) is 2.67. The number of rotatable bonds is 8. The Morgan fingerprint density at radius 3 is 2.48 bits per heavy atom. The van der Waals surface area contributed by atoms with E-state index in [1.165, 1.54) is 18.3 Å². The first-order valence-corrected chi connectivity index (χ1v) is 8.46. The maximum Gasteiger partial charge on any atom is 0.354 e. The van der Waals surface area contributed by atoms with Gasteiger partial charge in [-0.2, -0.15) is 0 Å². The van der Waals surface area contributed by atoms with Gasteiger partial charge in [-0.15, -0.1) is 0 Å². The fourth-order valence-corrected chi connectivity index (χ4v) is 2.33. The van der Waals surface area contributed by atoms with Gasteiger partial charge in [0, 0.05) is 31.0 Å². The van der Waals surface area contributed by atoms with Crippen molar-refractivity contribution in [1.82, 2.24) is 9.88 Å². The molecule has 142 valence electrons. The van der Waals surface area contributed by atoms with E-state index in [1.54, 1.807) is 29.2 Å². The highest BCUT2D eigenvalue weighted by Gasteiger charge is 2.12. The lowest BCUT2D eigenvalue weighted by Crippen LogP contribution is -2.34. The SMILES string of the molecule is CCN(CC)C(=O)COc1cccc(NC(=O)c2ccc(C(=O)O)nc2)c1. The molecule has 1 aromatic carbocycles. The molecule has 0 spiro atoms. The molecule has 0 aliphatic rings. The van der Waals surface area contributed by atoms with E-state index in [9.17, 15) is 14.4 Å². The third-order valence-corrected chi connectivity index (χ3v) is 3.82. The number of benzene rings is 1. The molecule has 0 aliphatic heterocycles. The zero-order chi connectivity index (χ0) is 19.8. The second-order valence-electron chi connectivity index (χ2n) is 5.57. The fourth-order valence-electron chi connectivity index (χ4n) is 2.33. The molecule has 2 N–H and O–H groups in total. The summed E-state index contributed by atoms with van der Waals surface area (Å²) in [4.78, 5) is 40.4. The number of likely N-dealkylation sites (N-methyl/N-ethyl adjacent to an activating group) is 1. The van der Waals surface area contributed by atoms with Crippen molar-refractivity contribution in [2.45, 2.75) is 13.8 Å². The molecular formula is C19H21N3O5. The highest BCUT2D eigenvalue weighted by Crippen LogP contribution is 2.18. The highest BCUT2D eigenvalue weighted by atomic mass is 16.5. The number of carboxylic acid groups (broad SMARTS) is 1. The van der Waals surface area contributed by atoms with Crippen molar-refractivity contribution < 1.29 is 24.2 Å². The van der Waals surface area contributed by atoms with Crippen molar-refractivity contribution in [1.29, 1.82) is 0 Å². The molecular weight excluding hydrogens is 350 g/mol. The lowest BCUT2D eigenvalue weighted by molar-refractivity contribution is -0.132. The molecule has 8 heteroatoms. The summed E-state index contributed by atoms with van der Waals surface area (Å²) in [5, 5.41) is 11.5. The van der Waals surface area contributed by atoms with Gasteiger partial charge < -0.3 is 20.1 Å². The molecule has 2 amide bonds. The topological polar surface area (TPSA) is 109 Å².